The van der Waals surface area contributed by atoms with Gasteiger partial charge in [0.25, 0.3) is 0 Å². The van der Waals surface area contributed by atoms with Crippen molar-refractivity contribution < 1.29 is 4.74 Å². The van der Waals surface area contributed by atoms with Crippen LogP contribution in [0.4, 0.5) is 0 Å². The third-order valence-electron chi connectivity index (χ3n) is 2.64. The second-order valence-electron chi connectivity index (χ2n) is 3.79. The van der Waals surface area contributed by atoms with E-state index in [1.165, 1.54) is 6.42 Å². The molecule has 1 saturated heterocycles. The van der Waals surface area contributed by atoms with Crippen molar-refractivity contribution in [1.82, 2.24) is 15.3 Å². The molecule has 88 valence electrons. The summed E-state index contributed by atoms with van der Waals surface area (Å²) in [6.45, 7) is 2.63. The molecule has 1 N–H and O–H groups in total. The first-order chi connectivity index (χ1) is 7.90. The van der Waals surface area contributed by atoms with E-state index in [0.717, 1.165) is 30.2 Å². The Hall–Kier alpha value is -0.650. The van der Waals surface area contributed by atoms with Crippen molar-refractivity contribution in [2.24, 2.45) is 0 Å². The zero-order chi connectivity index (χ0) is 11.2. The number of nitrogens with one attached hydrogen (secondary N) is 1. The highest BCUT2D eigenvalue weighted by molar-refractivity contribution is 7.98. The molecule has 1 atom stereocenters. The normalized spacial score (nSPS) is 20.9. The van der Waals surface area contributed by atoms with Crippen LogP contribution in [0.15, 0.2) is 17.4 Å². The van der Waals surface area contributed by atoms with Crippen molar-refractivity contribution in [2.75, 3.05) is 19.3 Å². The van der Waals surface area contributed by atoms with Crippen LogP contribution in [-0.2, 0) is 11.3 Å². The van der Waals surface area contributed by atoms with Crippen molar-refractivity contribution in [3.05, 3.63) is 18.1 Å². The number of hydrogen-bond acceptors (Lipinski definition) is 5. The average Bonchev–Trinajstić information content (AvgIpc) is 2.38. The number of aromatic nitrogens is 2. The van der Waals surface area contributed by atoms with Crippen molar-refractivity contribution in [3.63, 3.8) is 0 Å². The molecular weight excluding hydrogens is 222 g/mol. The Bertz CT molecular complexity index is 329. The molecule has 0 spiro atoms. The van der Waals surface area contributed by atoms with Gasteiger partial charge in [0.15, 0.2) is 0 Å². The number of rotatable bonds is 4. The first-order valence-corrected chi connectivity index (χ1v) is 6.79. The monoisotopic (exact) mass is 239 g/mol. The third-order valence-corrected chi connectivity index (χ3v) is 3.36. The van der Waals surface area contributed by atoms with Crippen LogP contribution in [0.2, 0.25) is 0 Å². The van der Waals surface area contributed by atoms with Gasteiger partial charge < -0.3 is 10.1 Å². The quantitative estimate of drug-likeness (QED) is 0.806. The Labute approximate surface area is 100 Å². The summed E-state index contributed by atoms with van der Waals surface area (Å²) in [5, 5.41) is 4.30. The van der Waals surface area contributed by atoms with Crippen molar-refractivity contribution in [2.45, 2.75) is 30.6 Å². The van der Waals surface area contributed by atoms with Crippen LogP contribution in [0.25, 0.3) is 0 Å². The minimum atomic E-state index is 0.325. The number of nitrogens with zero attached hydrogens (tertiary/aromatic N) is 2. The van der Waals surface area contributed by atoms with Gasteiger partial charge in [-0.25, -0.2) is 4.98 Å². The highest BCUT2D eigenvalue weighted by Gasteiger charge is 2.14. The molecule has 1 fully saturated rings. The molecule has 1 aliphatic rings. The summed E-state index contributed by atoms with van der Waals surface area (Å²) in [6.07, 6.45) is 8.11. The maximum atomic E-state index is 5.83. The Kier molecular flexibility index (Phi) is 4.56. The zero-order valence-corrected chi connectivity index (χ0v) is 10.3. The minimum Gasteiger partial charge on any atom is -0.370 e. The van der Waals surface area contributed by atoms with Gasteiger partial charge in [-0.15, -0.1) is 11.8 Å². The van der Waals surface area contributed by atoms with Gasteiger partial charge >= 0.3 is 0 Å². The Morgan fingerprint density at radius 1 is 1.50 bits per heavy atom. The molecule has 2 heterocycles. The molecule has 0 amide bonds. The summed E-state index contributed by atoms with van der Waals surface area (Å²) in [4.78, 5) is 8.57. The van der Waals surface area contributed by atoms with E-state index in [-0.39, 0.29) is 0 Å². The van der Waals surface area contributed by atoms with Crippen LogP contribution >= 0.6 is 11.8 Å². The molecule has 0 saturated carbocycles. The molecule has 0 bridgehead atoms. The number of piperidine rings is 1. The molecule has 0 radical (unpaired) electrons. The molecule has 5 heteroatoms. The second-order valence-corrected chi connectivity index (χ2v) is 4.59. The van der Waals surface area contributed by atoms with Gasteiger partial charge in [-0.05, 0) is 25.6 Å². The van der Waals surface area contributed by atoms with Crippen LogP contribution in [0.5, 0.6) is 0 Å². The van der Waals surface area contributed by atoms with E-state index >= 15 is 0 Å². The van der Waals surface area contributed by atoms with E-state index in [1.54, 1.807) is 24.2 Å². The standard InChI is InChI=1S/C11H17N3OS/c1-16-11-10(13-5-6-14-11)8-15-9-3-2-4-12-7-9/h5-6,9,12H,2-4,7-8H2,1H3. The second kappa shape index (κ2) is 6.18. The first kappa shape index (κ1) is 11.8. The van der Waals surface area contributed by atoms with Crippen molar-refractivity contribution >= 4 is 11.8 Å². The van der Waals surface area contributed by atoms with E-state index in [4.69, 9.17) is 4.74 Å². The Balaban J connectivity index is 1.88. The summed E-state index contributed by atoms with van der Waals surface area (Å²) in [5.41, 5.74) is 0.945. The lowest BCUT2D eigenvalue weighted by atomic mass is 10.1. The molecule has 16 heavy (non-hydrogen) atoms. The summed E-state index contributed by atoms with van der Waals surface area (Å²) >= 11 is 1.61. The molecule has 0 aromatic carbocycles. The van der Waals surface area contributed by atoms with E-state index in [1.807, 2.05) is 6.26 Å². The fourth-order valence-corrected chi connectivity index (χ4v) is 2.30. The first-order valence-electron chi connectivity index (χ1n) is 5.56. The smallest absolute Gasteiger partial charge is 0.120 e. The lowest BCUT2D eigenvalue weighted by Gasteiger charge is -2.23. The van der Waals surface area contributed by atoms with Crippen LogP contribution < -0.4 is 5.32 Å². The highest BCUT2D eigenvalue weighted by atomic mass is 32.2. The molecule has 4 nitrogen and oxygen atoms in total. The van der Waals surface area contributed by atoms with E-state index in [2.05, 4.69) is 15.3 Å². The zero-order valence-electron chi connectivity index (χ0n) is 9.48. The fourth-order valence-electron chi connectivity index (χ4n) is 1.78. The molecule has 1 aliphatic heterocycles. The summed E-state index contributed by atoms with van der Waals surface area (Å²) in [6, 6.07) is 0. The van der Waals surface area contributed by atoms with E-state index < -0.39 is 0 Å². The molecular formula is C11H17N3OS. The largest absolute Gasteiger partial charge is 0.370 e. The molecule has 1 unspecified atom stereocenters. The van der Waals surface area contributed by atoms with E-state index in [0.29, 0.717) is 12.7 Å². The van der Waals surface area contributed by atoms with Gasteiger partial charge in [-0.3, -0.25) is 4.98 Å². The van der Waals surface area contributed by atoms with Gasteiger partial charge in [0.1, 0.15) is 5.03 Å². The van der Waals surface area contributed by atoms with E-state index in [9.17, 15) is 0 Å². The van der Waals surface area contributed by atoms with Gasteiger partial charge in [-0.2, -0.15) is 0 Å². The minimum absolute atomic E-state index is 0.325. The van der Waals surface area contributed by atoms with Crippen molar-refractivity contribution in [3.8, 4) is 0 Å². The van der Waals surface area contributed by atoms with Gasteiger partial charge in [-0.1, -0.05) is 0 Å². The van der Waals surface area contributed by atoms with Gasteiger partial charge in [0.05, 0.1) is 18.4 Å². The van der Waals surface area contributed by atoms with Crippen LogP contribution in [0.1, 0.15) is 18.5 Å². The van der Waals surface area contributed by atoms with Crippen molar-refractivity contribution in [1.29, 1.82) is 0 Å². The third kappa shape index (κ3) is 3.17. The maximum Gasteiger partial charge on any atom is 0.120 e. The lowest BCUT2D eigenvalue weighted by molar-refractivity contribution is 0.0222. The molecule has 0 aliphatic carbocycles. The average molecular weight is 239 g/mol. The summed E-state index contributed by atoms with van der Waals surface area (Å²) in [5.74, 6) is 0. The van der Waals surface area contributed by atoms with Gasteiger partial charge in [0, 0.05) is 18.9 Å². The van der Waals surface area contributed by atoms with Crippen LogP contribution in [-0.4, -0.2) is 35.4 Å². The highest BCUT2D eigenvalue weighted by Crippen LogP contribution is 2.17. The van der Waals surface area contributed by atoms with Gasteiger partial charge in [0.2, 0.25) is 0 Å². The number of ether oxygens (including phenoxy) is 1. The summed E-state index contributed by atoms with van der Waals surface area (Å²) < 4.78 is 5.83. The molecule has 1 aromatic rings. The van der Waals surface area contributed by atoms with Crippen LogP contribution in [0, 0.1) is 0 Å². The topological polar surface area (TPSA) is 47.0 Å². The SMILES string of the molecule is CSc1nccnc1COC1CCCNC1. The predicted molar refractivity (Wildman–Crippen MR) is 64.5 cm³/mol. The predicted octanol–water partition coefficient (Wildman–Crippen LogP) is 1.47. The van der Waals surface area contributed by atoms with Crippen LogP contribution in [0.3, 0.4) is 0 Å². The molecule has 2 rings (SSSR count). The lowest BCUT2D eigenvalue weighted by Crippen LogP contribution is -2.35. The molecule has 1 aromatic heterocycles. The number of hydrogen-bond donors (Lipinski definition) is 1. The summed E-state index contributed by atoms with van der Waals surface area (Å²) in [7, 11) is 0. The fraction of sp³-hybridized carbons (Fsp3) is 0.636. The maximum absolute atomic E-state index is 5.83. The Morgan fingerprint density at radius 2 is 2.38 bits per heavy atom. The Morgan fingerprint density at radius 3 is 3.12 bits per heavy atom. The number of thioether (sulfide) groups is 1.